The van der Waals surface area contributed by atoms with Gasteiger partial charge >= 0.3 is 0 Å². The molecule has 0 fully saturated rings. The van der Waals surface area contributed by atoms with E-state index in [1.807, 2.05) is 44.2 Å². The number of hydrogen-bond donors (Lipinski definition) is 1. The van der Waals surface area contributed by atoms with Crippen LogP contribution in [0, 0.1) is 13.8 Å². The smallest absolute Gasteiger partial charge is 0.210 e. The predicted octanol–water partition coefficient (Wildman–Crippen LogP) is 2.56. The van der Waals surface area contributed by atoms with E-state index in [9.17, 15) is 0 Å². The summed E-state index contributed by atoms with van der Waals surface area (Å²) in [6, 6.07) is 9.91. The van der Waals surface area contributed by atoms with Crippen LogP contribution in [0.4, 0.5) is 0 Å². The first-order valence-electron chi connectivity index (χ1n) is 6.46. The zero-order chi connectivity index (χ0) is 14.8. The van der Waals surface area contributed by atoms with Crippen molar-refractivity contribution in [1.29, 1.82) is 0 Å². The highest BCUT2D eigenvalue weighted by Crippen LogP contribution is 2.24. The molecule has 108 valence electrons. The molecule has 7 heteroatoms. The van der Waals surface area contributed by atoms with E-state index in [4.69, 9.17) is 10.4 Å². The summed E-state index contributed by atoms with van der Waals surface area (Å²) in [5.41, 5.74) is 3.00. The van der Waals surface area contributed by atoms with Gasteiger partial charge in [-0.05, 0) is 13.8 Å². The van der Waals surface area contributed by atoms with Crippen LogP contribution in [0.1, 0.15) is 17.0 Å². The maximum atomic E-state index is 6.07. The van der Waals surface area contributed by atoms with Crippen molar-refractivity contribution in [2.24, 2.45) is 0 Å². The van der Waals surface area contributed by atoms with Gasteiger partial charge in [0.1, 0.15) is 5.76 Å². The highest BCUT2D eigenvalue weighted by atomic mass is 32.2. The van der Waals surface area contributed by atoms with Crippen LogP contribution in [0.3, 0.4) is 0 Å². The molecule has 1 aromatic carbocycles. The number of nitrogens with zero attached hydrogens (tertiary/aromatic N) is 4. The Labute approximate surface area is 126 Å². The van der Waals surface area contributed by atoms with Gasteiger partial charge in [-0.25, -0.2) is 4.68 Å². The molecule has 2 N–H and O–H groups in total. The lowest BCUT2D eigenvalue weighted by Crippen LogP contribution is -2.11. The molecule has 0 radical (unpaired) electrons. The second-order valence-corrected chi connectivity index (χ2v) is 5.70. The number of thioether (sulfide) groups is 1. The average molecular weight is 301 g/mol. The van der Waals surface area contributed by atoms with Crippen LogP contribution >= 0.6 is 11.8 Å². The molecule has 0 aliphatic carbocycles. The molecule has 0 aliphatic heterocycles. The number of aromatic nitrogens is 4. The van der Waals surface area contributed by atoms with Crippen molar-refractivity contribution in [2.45, 2.75) is 24.8 Å². The fourth-order valence-corrected chi connectivity index (χ4v) is 2.64. The Morgan fingerprint density at radius 3 is 2.62 bits per heavy atom. The van der Waals surface area contributed by atoms with Gasteiger partial charge in [0, 0.05) is 17.4 Å². The van der Waals surface area contributed by atoms with Crippen molar-refractivity contribution >= 4 is 11.8 Å². The zero-order valence-corrected chi connectivity index (χ0v) is 12.6. The van der Waals surface area contributed by atoms with Gasteiger partial charge in [0.05, 0.1) is 5.69 Å². The van der Waals surface area contributed by atoms with E-state index in [1.165, 1.54) is 22.0 Å². The Kier molecular flexibility index (Phi) is 3.66. The largest absolute Gasteiger partial charge is 0.361 e. The van der Waals surface area contributed by atoms with Crippen molar-refractivity contribution in [3.05, 3.63) is 47.3 Å². The normalized spacial score (nSPS) is 11.0. The van der Waals surface area contributed by atoms with Gasteiger partial charge in [0.2, 0.25) is 5.16 Å². The molecule has 21 heavy (non-hydrogen) atoms. The third-order valence-electron chi connectivity index (χ3n) is 3.00. The number of nitrogen functional groups attached to an aromatic ring is 1. The average Bonchev–Trinajstić information content (AvgIpc) is 3.04. The van der Waals surface area contributed by atoms with Crippen LogP contribution in [0.25, 0.3) is 11.4 Å². The van der Waals surface area contributed by atoms with E-state index in [0.29, 0.717) is 16.7 Å². The third-order valence-corrected chi connectivity index (χ3v) is 3.98. The van der Waals surface area contributed by atoms with Crippen LogP contribution < -0.4 is 5.84 Å². The monoisotopic (exact) mass is 301 g/mol. The Morgan fingerprint density at radius 2 is 1.95 bits per heavy atom. The van der Waals surface area contributed by atoms with Crippen LogP contribution in [0.15, 0.2) is 40.0 Å². The van der Waals surface area contributed by atoms with Crippen molar-refractivity contribution in [1.82, 2.24) is 20.0 Å². The lowest BCUT2D eigenvalue weighted by Gasteiger charge is -2.03. The van der Waals surface area contributed by atoms with E-state index < -0.39 is 0 Å². The van der Waals surface area contributed by atoms with E-state index >= 15 is 0 Å². The summed E-state index contributed by atoms with van der Waals surface area (Å²) in [5, 5.41) is 12.9. The Morgan fingerprint density at radius 1 is 1.19 bits per heavy atom. The predicted molar refractivity (Wildman–Crippen MR) is 81.1 cm³/mol. The van der Waals surface area contributed by atoms with Crippen LogP contribution in [0.2, 0.25) is 0 Å². The lowest BCUT2D eigenvalue weighted by molar-refractivity contribution is 0.393. The molecule has 2 aromatic heterocycles. The van der Waals surface area contributed by atoms with Gasteiger partial charge in [-0.15, -0.1) is 10.2 Å². The summed E-state index contributed by atoms with van der Waals surface area (Å²) in [7, 11) is 0. The highest BCUT2D eigenvalue weighted by molar-refractivity contribution is 7.98. The molecule has 0 saturated carbocycles. The minimum Gasteiger partial charge on any atom is -0.361 e. The summed E-state index contributed by atoms with van der Waals surface area (Å²) in [6.07, 6.45) is 0. The van der Waals surface area contributed by atoms with Gasteiger partial charge in [0.25, 0.3) is 0 Å². The molecule has 0 bridgehead atoms. The van der Waals surface area contributed by atoms with Gasteiger partial charge < -0.3 is 10.4 Å². The standard InChI is InChI=1S/C14H15N5OS/c1-9-3-5-11(6-4-9)13-16-17-14(19(13)15)21-8-12-7-10(2)20-18-12/h3-7H,8,15H2,1-2H3. The lowest BCUT2D eigenvalue weighted by atomic mass is 10.1. The first-order valence-corrected chi connectivity index (χ1v) is 7.44. The molecule has 2 heterocycles. The van der Waals surface area contributed by atoms with Gasteiger partial charge in [-0.3, -0.25) is 0 Å². The maximum absolute atomic E-state index is 6.07. The van der Waals surface area contributed by atoms with E-state index in [0.717, 1.165) is 17.0 Å². The number of hydrogen-bond acceptors (Lipinski definition) is 6. The van der Waals surface area contributed by atoms with E-state index in [-0.39, 0.29) is 0 Å². The SMILES string of the molecule is Cc1ccc(-c2nnc(SCc3cc(C)on3)n2N)cc1. The van der Waals surface area contributed by atoms with Gasteiger partial charge in [-0.1, -0.05) is 46.7 Å². The molecular formula is C14H15N5OS. The second-order valence-electron chi connectivity index (χ2n) is 4.76. The second kappa shape index (κ2) is 5.61. The molecule has 0 saturated heterocycles. The van der Waals surface area contributed by atoms with E-state index in [2.05, 4.69) is 15.4 Å². The number of benzene rings is 1. The quantitative estimate of drug-likeness (QED) is 0.589. The number of rotatable bonds is 4. The molecular weight excluding hydrogens is 286 g/mol. The topological polar surface area (TPSA) is 82.8 Å². The minimum atomic E-state index is 0.639. The first kappa shape index (κ1) is 13.7. The fraction of sp³-hybridized carbons (Fsp3) is 0.214. The van der Waals surface area contributed by atoms with Crippen LogP contribution in [-0.2, 0) is 5.75 Å². The van der Waals surface area contributed by atoms with Crippen molar-refractivity contribution < 1.29 is 4.52 Å². The van der Waals surface area contributed by atoms with Gasteiger partial charge in [-0.2, -0.15) is 0 Å². The third kappa shape index (κ3) is 2.92. The Bertz CT molecular complexity index is 747. The zero-order valence-electron chi connectivity index (χ0n) is 11.8. The van der Waals surface area contributed by atoms with E-state index in [1.54, 1.807) is 0 Å². The summed E-state index contributed by atoms with van der Waals surface area (Å²) in [5.74, 6) is 8.15. The number of nitrogens with two attached hydrogens (primary N) is 1. The minimum absolute atomic E-state index is 0.639. The van der Waals surface area contributed by atoms with Crippen LogP contribution in [-0.4, -0.2) is 20.0 Å². The van der Waals surface area contributed by atoms with Crippen molar-refractivity contribution in [2.75, 3.05) is 5.84 Å². The summed E-state index contributed by atoms with van der Waals surface area (Å²) < 4.78 is 6.53. The summed E-state index contributed by atoms with van der Waals surface area (Å²) >= 11 is 1.47. The molecule has 0 spiro atoms. The molecule has 6 nitrogen and oxygen atoms in total. The molecule has 0 atom stereocenters. The fourth-order valence-electron chi connectivity index (χ4n) is 1.90. The van der Waals surface area contributed by atoms with Crippen molar-refractivity contribution in [3.63, 3.8) is 0 Å². The Balaban J connectivity index is 1.77. The van der Waals surface area contributed by atoms with Crippen LogP contribution in [0.5, 0.6) is 0 Å². The number of aryl methyl sites for hydroxylation is 2. The van der Waals surface area contributed by atoms with Gasteiger partial charge in [0.15, 0.2) is 5.82 Å². The summed E-state index contributed by atoms with van der Waals surface area (Å²) in [4.78, 5) is 0. The molecule has 0 aliphatic rings. The first-order chi connectivity index (χ1) is 10.1. The molecule has 0 amide bonds. The highest BCUT2D eigenvalue weighted by Gasteiger charge is 2.13. The summed E-state index contributed by atoms with van der Waals surface area (Å²) in [6.45, 7) is 3.90. The molecule has 3 rings (SSSR count). The van der Waals surface area contributed by atoms with Crippen molar-refractivity contribution in [3.8, 4) is 11.4 Å². The molecule has 0 unspecified atom stereocenters. The molecule has 3 aromatic rings. The maximum Gasteiger partial charge on any atom is 0.210 e. The Hall–Kier alpha value is -2.28.